The second-order valence-corrected chi connectivity index (χ2v) is 5.46. The summed E-state index contributed by atoms with van der Waals surface area (Å²) in [6.07, 6.45) is 1.68. The molecule has 1 aromatic heterocycles. The lowest BCUT2D eigenvalue weighted by atomic mass is 10.1. The lowest BCUT2D eigenvalue weighted by molar-refractivity contribution is 0.102. The summed E-state index contributed by atoms with van der Waals surface area (Å²) in [5, 5.41) is 2.75. The molecule has 25 heavy (non-hydrogen) atoms. The van der Waals surface area contributed by atoms with Crippen molar-refractivity contribution in [3.05, 3.63) is 95.1 Å². The normalized spacial score (nSPS) is 9.84. The third-order valence-corrected chi connectivity index (χ3v) is 3.55. The number of nitrogens with one attached hydrogen (secondary N) is 1. The number of rotatable bonds is 2. The van der Waals surface area contributed by atoms with E-state index in [9.17, 15) is 9.18 Å². The first-order chi connectivity index (χ1) is 12.1. The molecule has 0 bridgehead atoms. The number of pyridine rings is 1. The maximum Gasteiger partial charge on any atom is 0.255 e. The van der Waals surface area contributed by atoms with Gasteiger partial charge in [-0.3, -0.25) is 4.79 Å². The Hall–Kier alpha value is -3.45. The molecule has 3 aromatic rings. The van der Waals surface area contributed by atoms with E-state index in [0.29, 0.717) is 16.9 Å². The summed E-state index contributed by atoms with van der Waals surface area (Å²) >= 11 is 0. The van der Waals surface area contributed by atoms with Gasteiger partial charge < -0.3 is 5.32 Å². The van der Waals surface area contributed by atoms with Gasteiger partial charge in [0, 0.05) is 23.0 Å². The Bertz CT molecular complexity index is 972. The van der Waals surface area contributed by atoms with Crippen LogP contribution in [0, 0.1) is 24.6 Å². The fraction of sp³-hybridized carbons (Fsp3) is 0.0476. The van der Waals surface area contributed by atoms with Crippen molar-refractivity contribution >= 4 is 11.6 Å². The number of benzene rings is 2. The van der Waals surface area contributed by atoms with Crippen LogP contribution in [0.3, 0.4) is 0 Å². The Balaban J connectivity index is 1.76. The lowest BCUT2D eigenvalue weighted by Crippen LogP contribution is -2.12. The number of hydrogen-bond acceptors (Lipinski definition) is 2. The minimum absolute atomic E-state index is 0.271. The number of carbonyl (C=O) groups is 1. The van der Waals surface area contributed by atoms with Crippen LogP contribution in [0.2, 0.25) is 0 Å². The van der Waals surface area contributed by atoms with Crippen LogP contribution in [-0.4, -0.2) is 10.9 Å². The molecule has 1 N–H and O–H groups in total. The van der Waals surface area contributed by atoms with Crippen LogP contribution in [0.1, 0.15) is 27.2 Å². The van der Waals surface area contributed by atoms with E-state index in [2.05, 4.69) is 22.1 Å². The Morgan fingerprint density at radius 2 is 1.92 bits per heavy atom. The van der Waals surface area contributed by atoms with Gasteiger partial charge in [0.15, 0.2) is 0 Å². The van der Waals surface area contributed by atoms with Crippen LogP contribution in [0.25, 0.3) is 0 Å². The van der Waals surface area contributed by atoms with E-state index in [1.807, 2.05) is 24.3 Å². The Kier molecular flexibility index (Phi) is 4.87. The number of hydrogen-bond donors (Lipinski definition) is 1. The molecule has 0 radical (unpaired) electrons. The van der Waals surface area contributed by atoms with Crippen LogP contribution in [0.5, 0.6) is 0 Å². The molecule has 0 unspecified atom stereocenters. The van der Waals surface area contributed by atoms with Crippen molar-refractivity contribution in [2.75, 3.05) is 5.32 Å². The van der Waals surface area contributed by atoms with Gasteiger partial charge in [-0.25, -0.2) is 9.37 Å². The third kappa shape index (κ3) is 4.30. The van der Waals surface area contributed by atoms with Gasteiger partial charge in [-0.05, 0) is 60.9 Å². The first-order valence-corrected chi connectivity index (χ1v) is 7.72. The van der Waals surface area contributed by atoms with Gasteiger partial charge in [-0.1, -0.05) is 24.1 Å². The number of amides is 1. The Morgan fingerprint density at radius 3 is 2.68 bits per heavy atom. The highest BCUT2D eigenvalue weighted by Crippen LogP contribution is 2.14. The summed E-state index contributed by atoms with van der Waals surface area (Å²) in [6.45, 7) is 1.65. The second kappa shape index (κ2) is 7.41. The number of aryl methyl sites for hydroxylation is 1. The Morgan fingerprint density at radius 1 is 1.04 bits per heavy atom. The average molecular weight is 330 g/mol. The summed E-state index contributed by atoms with van der Waals surface area (Å²) in [4.78, 5) is 16.4. The standard InChI is InChI=1S/C21H15FN2O/c1-15-8-10-17(14-20(15)22)21(25)24-19-7-4-5-16(13-19)9-11-18-6-2-3-12-23-18/h2-8,10,12-14H,1H3,(H,24,25). The van der Waals surface area contributed by atoms with E-state index >= 15 is 0 Å². The smallest absolute Gasteiger partial charge is 0.255 e. The number of carbonyl (C=O) groups excluding carboxylic acids is 1. The summed E-state index contributed by atoms with van der Waals surface area (Å²) in [6, 6.07) is 17.1. The highest BCUT2D eigenvalue weighted by Gasteiger charge is 2.08. The molecule has 2 aromatic carbocycles. The highest BCUT2D eigenvalue weighted by molar-refractivity contribution is 6.04. The van der Waals surface area contributed by atoms with E-state index in [1.54, 1.807) is 43.5 Å². The van der Waals surface area contributed by atoms with E-state index < -0.39 is 5.82 Å². The first kappa shape index (κ1) is 16.4. The van der Waals surface area contributed by atoms with Crippen LogP contribution < -0.4 is 5.32 Å². The molecule has 122 valence electrons. The highest BCUT2D eigenvalue weighted by atomic mass is 19.1. The summed E-state index contributed by atoms with van der Waals surface area (Å²) in [5.74, 6) is 5.20. The maximum absolute atomic E-state index is 13.6. The molecule has 3 nitrogen and oxygen atoms in total. The predicted octanol–water partition coefficient (Wildman–Crippen LogP) is 4.18. The Labute approximate surface area is 145 Å². The predicted molar refractivity (Wildman–Crippen MR) is 95.7 cm³/mol. The number of aromatic nitrogens is 1. The van der Waals surface area contributed by atoms with E-state index in [1.165, 1.54) is 6.07 Å². The number of halogens is 1. The van der Waals surface area contributed by atoms with Crippen molar-refractivity contribution in [2.24, 2.45) is 0 Å². The van der Waals surface area contributed by atoms with E-state index in [0.717, 1.165) is 5.56 Å². The summed E-state index contributed by atoms with van der Waals surface area (Å²) in [7, 11) is 0. The minimum atomic E-state index is -0.400. The van der Waals surface area contributed by atoms with Crippen molar-refractivity contribution in [1.29, 1.82) is 0 Å². The molecule has 0 fully saturated rings. The molecular weight excluding hydrogens is 315 g/mol. The lowest BCUT2D eigenvalue weighted by Gasteiger charge is -2.06. The van der Waals surface area contributed by atoms with Crippen molar-refractivity contribution in [3.8, 4) is 11.8 Å². The largest absolute Gasteiger partial charge is 0.322 e. The molecule has 0 aliphatic carbocycles. The van der Waals surface area contributed by atoms with Crippen molar-refractivity contribution in [1.82, 2.24) is 4.98 Å². The zero-order valence-electron chi connectivity index (χ0n) is 13.6. The third-order valence-electron chi connectivity index (χ3n) is 3.55. The zero-order chi connectivity index (χ0) is 17.6. The fourth-order valence-corrected chi connectivity index (χ4v) is 2.18. The van der Waals surface area contributed by atoms with E-state index in [4.69, 9.17) is 0 Å². The first-order valence-electron chi connectivity index (χ1n) is 7.72. The zero-order valence-corrected chi connectivity index (χ0v) is 13.6. The second-order valence-electron chi connectivity index (χ2n) is 5.46. The van der Waals surface area contributed by atoms with Crippen LogP contribution in [0.15, 0.2) is 66.9 Å². The molecule has 1 heterocycles. The fourth-order valence-electron chi connectivity index (χ4n) is 2.18. The van der Waals surface area contributed by atoms with Crippen molar-refractivity contribution in [3.63, 3.8) is 0 Å². The number of nitrogens with zero attached hydrogens (tertiary/aromatic N) is 1. The molecule has 0 atom stereocenters. The topological polar surface area (TPSA) is 42.0 Å². The molecule has 0 aliphatic heterocycles. The SMILES string of the molecule is Cc1ccc(C(=O)Nc2cccc(C#Cc3ccccn3)c2)cc1F. The van der Waals surface area contributed by atoms with Gasteiger partial charge in [0.25, 0.3) is 5.91 Å². The van der Waals surface area contributed by atoms with Crippen LogP contribution >= 0.6 is 0 Å². The van der Waals surface area contributed by atoms with Crippen LogP contribution in [-0.2, 0) is 0 Å². The molecule has 1 amide bonds. The van der Waals surface area contributed by atoms with Crippen molar-refractivity contribution < 1.29 is 9.18 Å². The quantitative estimate of drug-likeness (QED) is 0.716. The van der Waals surface area contributed by atoms with Crippen molar-refractivity contribution in [2.45, 2.75) is 6.92 Å². The molecule has 0 spiro atoms. The van der Waals surface area contributed by atoms with Crippen LogP contribution in [0.4, 0.5) is 10.1 Å². The molecule has 0 aliphatic rings. The summed E-state index contributed by atoms with van der Waals surface area (Å²) < 4.78 is 13.6. The summed E-state index contributed by atoms with van der Waals surface area (Å²) in [5.41, 5.74) is 2.79. The average Bonchev–Trinajstić information content (AvgIpc) is 2.63. The number of anilines is 1. The maximum atomic E-state index is 13.6. The van der Waals surface area contributed by atoms with Gasteiger partial charge in [0.2, 0.25) is 0 Å². The van der Waals surface area contributed by atoms with E-state index in [-0.39, 0.29) is 11.5 Å². The molecule has 0 saturated heterocycles. The van der Waals surface area contributed by atoms with Gasteiger partial charge in [0.1, 0.15) is 11.5 Å². The van der Waals surface area contributed by atoms with Gasteiger partial charge >= 0.3 is 0 Å². The monoisotopic (exact) mass is 330 g/mol. The molecule has 4 heteroatoms. The van der Waals surface area contributed by atoms with Gasteiger partial charge in [-0.2, -0.15) is 0 Å². The molecule has 3 rings (SSSR count). The van der Waals surface area contributed by atoms with Gasteiger partial charge in [-0.15, -0.1) is 0 Å². The molecule has 0 saturated carbocycles. The molecular formula is C21H15FN2O. The van der Waals surface area contributed by atoms with Gasteiger partial charge in [0.05, 0.1) is 0 Å². The minimum Gasteiger partial charge on any atom is -0.322 e.